The van der Waals surface area contributed by atoms with E-state index < -0.39 is 6.61 Å². The Morgan fingerprint density at radius 2 is 2.00 bits per heavy atom. The van der Waals surface area contributed by atoms with Crippen LogP contribution in [0, 0.1) is 0 Å². The van der Waals surface area contributed by atoms with Gasteiger partial charge in [0, 0.05) is 18.1 Å². The predicted molar refractivity (Wildman–Crippen MR) is 75.6 cm³/mol. The van der Waals surface area contributed by atoms with Gasteiger partial charge in [-0.2, -0.15) is 8.78 Å². The highest BCUT2D eigenvalue weighted by molar-refractivity contribution is 7.98. The second-order valence-electron chi connectivity index (χ2n) is 3.90. The normalized spacial score (nSPS) is 10.7. The van der Waals surface area contributed by atoms with Crippen LogP contribution in [-0.2, 0) is 5.75 Å². The number of halogens is 2. The number of thioether (sulfide) groups is 1. The van der Waals surface area contributed by atoms with E-state index in [9.17, 15) is 8.78 Å². The first-order chi connectivity index (χ1) is 10.1. The molecule has 0 saturated carbocycles. The van der Waals surface area contributed by atoms with Crippen LogP contribution in [0.5, 0.6) is 11.5 Å². The Balaban J connectivity index is 2.09. The molecule has 5 nitrogen and oxygen atoms in total. The van der Waals surface area contributed by atoms with Crippen molar-refractivity contribution in [3.05, 3.63) is 36.2 Å². The Bertz CT molecular complexity index is 614. The fraction of sp³-hybridized carbons (Fsp3) is 0.231. The van der Waals surface area contributed by atoms with E-state index in [0.717, 1.165) is 5.56 Å². The van der Waals surface area contributed by atoms with Crippen molar-refractivity contribution in [2.75, 3.05) is 12.8 Å². The summed E-state index contributed by atoms with van der Waals surface area (Å²) in [5, 5.41) is 0.615. The van der Waals surface area contributed by atoms with Crippen LogP contribution in [0.2, 0.25) is 0 Å². The van der Waals surface area contributed by atoms with Crippen LogP contribution in [0.1, 0.15) is 5.56 Å². The predicted octanol–water partition coefficient (Wildman–Crippen LogP) is 2.96. The molecule has 8 heteroatoms. The molecule has 21 heavy (non-hydrogen) atoms. The SMILES string of the molecule is COc1cc(CSc2nccnc2N)ccc1OC(F)F. The molecule has 0 spiro atoms. The van der Waals surface area contributed by atoms with E-state index in [1.165, 1.54) is 31.1 Å². The van der Waals surface area contributed by atoms with E-state index in [-0.39, 0.29) is 11.5 Å². The molecule has 0 aliphatic carbocycles. The third-order valence-electron chi connectivity index (χ3n) is 2.51. The molecule has 0 amide bonds. The molecule has 112 valence electrons. The maximum atomic E-state index is 12.2. The van der Waals surface area contributed by atoms with Crippen molar-refractivity contribution in [3.8, 4) is 11.5 Å². The number of aromatic nitrogens is 2. The van der Waals surface area contributed by atoms with Crippen molar-refractivity contribution >= 4 is 17.6 Å². The van der Waals surface area contributed by atoms with Gasteiger partial charge in [-0.15, -0.1) is 0 Å². The quantitative estimate of drug-likeness (QED) is 0.827. The van der Waals surface area contributed by atoms with Gasteiger partial charge in [0.05, 0.1) is 7.11 Å². The van der Waals surface area contributed by atoms with Gasteiger partial charge in [-0.3, -0.25) is 0 Å². The summed E-state index contributed by atoms with van der Waals surface area (Å²) >= 11 is 1.40. The first-order valence-electron chi connectivity index (χ1n) is 5.91. The van der Waals surface area contributed by atoms with Crippen molar-refractivity contribution in [1.82, 2.24) is 9.97 Å². The Morgan fingerprint density at radius 1 is 1.24 bits per heavy atom. The van der Waals surface area contributed by atoms with E-state index in [1.807, 2.05) is 0 Å². The lowest BCUT2D eigenvalue weighted by molar-refractivity contribution is -0.0512. The van der Waals surface area contributed by atoms with Crippen LogP contribution >= 0.6 is 11.8 Å². The fourth-order valence-electron chi connectivity index (χ4n) is 1.59. The Hall–Kier alpha value is -2.09. The smallest absolute Gasteiger partial charge is 0.387 e. The first kappa shape index (κ1) is 15.3. The van der Waals surface area contributed by atoms with Gasteiger partial charge in [-0.25, -0.2) is 9.97 Å². The van der Waals surface area contributed by atoms with Crippen molar-refractivity contribution in [1.29, 1.82) is 0 Å². The van der Waals surface area contributed by atoms with Crippen molar-refractivity contribution in [3.63, 3.8) is 0 Å². The lowest BCUT2D eigenvalue weighted by Crippen LogP contribution is -2.03. The van der Waals surface area contributed by atoms with Crippen LogP contribution in [0.3, 0.4) is 0 Å². The molecule has 0 atom stereocenters. The summed E-state index contributed by atoms with van der Waals surface area (Å²) in [5.74, 6) is 1.15. The molecule has 2 aromatic rings. The third-order valence-corrected chi connectivity index (χ3v) is 3.58. The third kappa shape index (κ3) is 4.19. The van der Waals surface area contributed by atoms with Gasteiger partial charge in [0.2, 0.25) is 0 Å². The van der Waals surface area contributed by atoms with Crippen molar-refractivity contribution in [2.45, 2.75) is 17.4 Å². The molecule has 0 unspecified atom stereocenters. The number of nitrogen functional groups attached to an aromatic ring is 1. The van der Waals surface area contributed by atoms with Gasteiger partial charge in [-0.05, 0) is 17.7 Å². The summed E-state index contributed by atoms with van der Waals surface area (Å²) in [6.45, 7) is -2.89. The molecule has 0 bridgehead atoms. The molecule has 1 aromatic carbocycles. The van der Waals surface area contributed by atoms with E-state index in [2.05, 4.69) is 14.7 Å². The second kappa shape index (κ2) is 7.07. The highest BCUT2D eigenvalue weighted by atomic mass is 32.2. The van der Waals surface area contributed by atoms with Gasteiger partial charge in [0.25, 0.3) is 0 Å². The first-order valence-corrected chi connectivity index (χ1v) is 6.89. The Kier molecular flexibility index (Phi) is 5.15. The molecule has 0 aliphatic rings. The second-order valence-corrected chi connectivity index (χ2v) is 4.86. The van der Waals surface area contributed by atoms with Crippen molar-refractivity contribution in [2.24, 2.45) is 0 Å². The highest BCUT2D eigenvalue weighted by Crippen LogP contribution is 2.32. The molecule has 2 rings (SSSR count). The molecular formula is C13H13F2N3O2S. The minimum atomic E-state index is -2.89. The van der Waals surface area contributed by atoms with Crippen LogP contribution in [-0.4, -0.2) is 23.7 Å². The van der Waals surface area contributed by atoms with Crippen LogP contribution < -0.4 is 15.2 Å². The molecule has 0 fully saturated rings. The van der Waals surface area contributed by atoms with E-state index in [1.54, 1.807) is 18.3 Å². The molecule has 1 heterocycles. The number of ether oxygens (including phenoxy) is 2. The van der Waals surface area contributed by atoms with Gasteiger partial charge < -0.3 is 15.2 Å². The van der Waals surface area contributed by atoms with Crippen LogP contribution in [0.15, 0.2) is 35.6 Å². The number of alkyl halides is 2. The highest BCUT2D eigenvalue weighted by Gasteiger charge is 2.11. The Labute approximate surface area is 124 Å². The molecule has 0 radical (unpaired) electrons. The molecular weight excluding hydrogens is 300 g/mol. The largest absolute Gasteiger partial charge is 0.493 e. The molecule has 2 N–H and O–H groups in total. The number of hydrogen-bond donors (Lipinski definition) is 1. The maximum Gasteiger partial charge on any atom is 0.387 e. The topological polar surface area (TPSA) is 70.3 Å². The standard InChI is InChI=1S/C13H13F2N3O2S/c1-19-10-6-8(2-3-9(10)20-13(14)15)7-21-12-11(16)17-4-5-18-12/h2-6,13H,7H2,1H3,(H2,16,17). The van der Waals surface area contributed by atoms with E-state index >= 15 is 0 Å². The van der Waals surface area contributed by atoms with Crippen molar-refractivity contribution < 1.29 is 18.3 Å². The van der Waals surface area contributed by atoms with E-state index in [4.69, 9.17) is 10.5 Å². The van der Waals surface area contributed by atoms with Crippen LogP contribution in [0.25, 0.3) is 0 Å². The lowest BCUT2D eigenvalue weighted by Gasteiger charge is -2.11. The van der Waals surface area contributed by atoms with Gasteiger partial charge in [-0.1, -0.05) is 17.8 Å². The molecule has 0 aliphatic heterocycles. The monoisotopic (exact) mass is 313 g/mol. The number of hydrogen-bond acceptors (Lipinski definition) is 6. The van der Waals surface area contributed by atoms with Gasteiger partial charge in [0.1, 0.15) is 5.03 Å². The number of methoxy groups -OCH3 is 1. The summed E-state index contributed by atoms with van der Waals surface area (Å²) in [7, 11) is 1.39. The van der Waals surface area contributed by atoms with Gasteiger partial charge in [0.15, 0.2) is 17.3 Å². The number of rotatable bonds is 6. The molecule has 1 aromatic heterocycles. The number of nitrogens with two attached hydrogens (primary N) is 1. The summed E-state index contributed by atoms with van der Waals surface area (Å²) < 4.78 is 33.9. The zero-order chi connectivity index (χ0) is 15.2. The number of benzene rings is 1. The zero-order valence-electron chi connectivity index (χ0n) is 11.1. The number of anilines is 1. The summed E-state index contributed by atoms with van der Waals surface area (Å²) in [4.78, 5) is 8.05. The summed E-state index contributed by atoms with van der Waals surface area (Å²) in [6, 6.07) is 4.76. The van der Waals surface area contributed by atoms with Crippen LogP contribution in [0.4, 0.5) is 14.6 Å². The Morgan fingerprint density at radius 3 is 2.67 bits per heavy atom. The minimum Gasteiger partial charge on any atom is -0.493 e. The van der Waals surface area contributed by atoms with Gasteiger partial charge >= 0.3 is 6.61 Å². The average molecular weight is 313 g/mol. The average Bonchev–Trinajstić information content (AvgIpc) is 2.47. The fourth-order valence-corrected chi connectivity index (χ4v) is 2.41. The molecule has 0 saturated heterocycles. The van der Waals surface area contributed by atoms with E-state index in [0.29, 0.717) is 16.6 Å². The lowest BCUT2D eigenvalue weighted by atomic mass is 10.2. The number of nitrogens with zero attached hydrogens (tertiary/aromatic N) is 2. The summed E-state index contributed by atoms with van der Waals surface area (Å²) in [6.07, 6.45) is 3.07. The zero-order valence-corrected chi connectivity index (χ0v) is 11.9. The minimum absolute atomic E-state index is 0.000247. The maximum absolute atomic E-state index is 12.2. The summed E-state index contributed by atoms with van der Waals surface area (Å²) in [5.41, 5.74) is 6.56.